The summed E-state index contributed by atoms with van der Waals surface area (Å²) in [6, 6.07) is 17.0. The number of ketones is 1. The first-order valence-corrected chi connectivity index (χ1v) is 10.1. The molecular formula is C26H22FNO4. The van der Waals surface area contributed by atoms with E-state index < -0.39 is 29.3 Å². The van der Waals surface area contributed by atoms with Crippen LogP contribution in [0.2, 0.25) is 0 Å². The van der Waals surface area contributed by atoms with E-state index in [9.17, 15) is 19.1 Å². The van der Waals surface area contributed by atoms with Crippen molar-refractivity contribution >= 4 is 23.1 Å². The van der Waals surface area contributed by atoms with Gasteiger partial charge in [0.25, 0.3) is 11.7 Å². The summed E-state index contributed by atoms with van der Waals surface area (Å²) in [7, 11) is 1.45. The van der Waals surface area contributed by atoms with Gasteiger partial charge < -0.3 is 9.84 Å². The summed E-state index contributed by atoms with van der Waals surface area (Å²) in [6.45, 7) is 3.63. The Bertz CT molecular complexity index is 1260. The van der Waals surface area contributed by atoms with Crippen molar-refractivity contribution in [1.82, 2.24) is 0 Å². The molecule has 0 bridgehead atoms. The molecule has 1 fully saturated rings. The predicted molar refractivity (Wildman–Crippen MR) is 120 cm³/mol. The molecule has 1 unspecified atom stereocenters. The fourth-order valence-corrected chi connectivity index (χ4v) is 4.06. The Morgan fingerprint density at radius 3 is 2.38 bits per heavy atom. The van der Waals surface area contributed by atoms with E-state index in [-0.39, 0.29) is 16.7 Å². The van der Waals surface area contributed by atoms with Crippen molar-refractivity contribution in [3.8, 4) is 5.75 Å². The lowest BCUT2D eigenvalue weighted by molar-refractivity contribution is -0.132. The van der Waals surface area contributed by atoms with Gasteiger partial charge in [0.15, 0.2) is 0 Å². The normalized spacial score (nSPS) is 17.6. The average Bonchev–Trinajstić information content (AvgIpc) is 3.04. The standard InChI is InChI=1S/C26H22FNO4/c1-15-12-13-21(32-3)18(14-15)24(29)22-23(17-9-5-6-10-19(17)27)28(26(31)25(22)30)20-11-7-4-8-16(20)2/h4-14,23,29H,1-3H3/b24-22+. The largest absolute Gasteiger partial charge is 0.507 e. The number of anilines is 1. The molecule has 1 heterocycles. The van der Waals surface area contributed by atoms with Crippen LogP contribution in [0.4, 0.5) is 10.1 Å². The monoisotopic (exact) mass is 431 g/mol. The van der Waals surface area contributed by atoms with Crippen molar-refractivity contribution in [1.29, 1.82) is 0 Å². The maximum atomic E-state index is 15.0. The van der Waals surface area contributed by atoms with Crippen molar-refractivity contribution in [2.75, 3.05) is 12.0 Å². The van der Waals surface area contributed by atoms with Gasteiger partial charge in [-0.2, -0.15) is 0 Å². The topological polar surface area (TPSA) is 66.8 Å². The van der Waals surface area contributed by atoms with Gasteiger partial charge >= 0.3 is 0 Å². The van der Waals surface area contributed by atoms with Gasteiger partial charge in [-0.3, -0.25) is 14.5 Å². The number of aliphatic hydroxyl groups is 1. The van der Waals surface area contributed by atoms with Gasteiger partial charge in [0.2, 0.25) is 0 Å². The third-order valence-electron chi connectivity index (χ3n) is 5.63. The number of ether oxygens (including phenoxy) is 1. The summed E-state index contributed by atoms with van der Waals surface area (Å²) < 4.78 is 20.3. The van der Waals surface area contributed by atoms with E-state index in [0.29, 0.717) is 11.4 Å². The molecule has 1 aliphatic heterocycles. The number of halogens is 1. The number of carbonyl (C=O) groups is 2. The fourth-order valence-electron chi connectivity index (χ4n) is 4.06. The molecular weight excluding hydrogens is 409 g/mol. The van der Waals surface area contributed by atoms with Gasteiger partial charge in [-0.1, -0.05) is 48.0 Å². The Morgan fingerprint density at radius 1 is 1.00 bits per heavy atom. The van der Waals surface area contributed by atoms with Gasteiger partial charge in [0.1, 0.15) is 17.3 Å². The fraction of sp³-hybridized carbons (Fsp3) is 0.154. The SMILES string of the molecule is COc1ccc(C)cc1/C(O)=C1\C(=O)C(=O)N(c2ccccc2C)C1c1ccccc1F. The minimum Gasteiger partial charge on any atom is -0.507 e. The van der Waals surface area contributed by atoms with E-state index in [1.54, 1.807) is 49.4 Å². The number of nitrogens with zero attached hydrogens (tertiary/aromatic N) is 1. The van der Waals surface area contributed by atoms with E-state index in [1.807, 2.05) is 13.0 Å². The molecule has 3 aromatic rings. The van der Waals surface area contributed by atoms with Crippen LogP contribution in [0.15, 0.2) is 72.3 Å². The lowest BCUT2D eigenvalue weighted by Gasteiger charge is -2.27. The summed E-state index contributed by atoms with van der Waals surface area (Å²) in [4.78, 5) is 27.7. The van der Waals surface area contributed by atoms with Gasteiger partial charge in [0, 0.05) is 11.3 Å². The number of amides is 1. The van der Waals surface area contributed by atoms with Crippen LogP contribution in [0.3, 0.4) is 0 Å². The van der Waals surface area contributed by atoms with Crippen molar-refractivity contribution in [3.63, 3.8) is 0 Å². The molecule has 3 aromatic carbocycles. The number of benzene rings is 3. The minimum absolute atomic E-state index is 0.114. The highest BCUT2D eigenvalue weighted by molar-refractivity contribution is 6.51. The number of hydrogen-bond acceptors (Lipinski definition) is 4. The summed E-state index contributed by atoms with van der Waals surface area (Å²) in [6.07, 6.45) is 0. The van der Waals surface area contributed by atoms with Crippen LogP contribution in [0, 0.1) is 19.7 Å². The van der Waals surface area contributed by atoms with Crippen LogP contribution in [-0.4, -0.2) is 23.9 Å². The zero-order valence-electron chi connectivity index (χ0n) is 17.9. The zero-order valence-corrected chi connectivity index (χ0v) is 17.9. The van der Waals surface area contributed by atoms with Gasteiger partial charge in [0.05, 0.1) is 24.3 Å². The van der Waals surface area contributed by atoms with Crippen molar-refractivity contribution in [3.05, 3.63) is 100 Å². The van der Waals surface area contributed by atoms with Crippen molar-refractivity contribution < 1.29 is 23.8 Å². The molecule has 0 saturated carbocycles. The molecule has 162 valence electrons. The number of Topliss-reactive ketones (excluding diaryl/α,β-unsaturated/α-hetero) is 1. The molecule has 1 atom stereocenters. The van der Waals surface area contributed by atoms with Gasteiger partial charge in [-0.05, 0) is 43.7 Å². The molecule has 4 rings (SSSR count). The van der Waals surface area contributed by atoms with Crippen molar-refractivity contribution in [2.45, 2.75) is 19.9 Å². The number of methoxy groups -OCH3 is 1. The smallest absolute Gasteiger partial charge is 0.300 e. The van der Waals surface area contributed by atoms with E-state index >= 15 is 0 Å². The zero-order chi connectivity index (χ0) is 23.0. The first-order chi connectivity index (χ1) is 15.3. The summed E-state index contributed by atoms with van der Waals surface area (Å²) in [5, 5.41) is 11.3. The predicted octanol–water partition coefficient (Wildman–Crippen LogP) is 5.08. The Balaban J connectivity index is 2.04. The highest BCUT2D eigenvalue weighted by Crippen LogP contribution is 2.44. The molecule has 5 nitrogen and oxygen atoms in total. The molecule has 0 aliphatic carbocycles. The first kappa shape index (κ1) is 21.3. The van der Waals surface area contributed by atoms with Crippen LogP contribution >= 0.6 is 0 Å². The quantitative estimate of drug-likeness (QED) is 0.356. The van der Waals surface area contributed by atoms with Crippen molar-refractivity contribution in [2.24, 2.45) is 0 Å². The number of hydrogen-bond donors (Lipinski definition) is 1. The Hall–Kier alpha value is -3.93. The number of para-hydroxylation sites is 1. The second-order valence-electron chi connectivity index (χ2n) is 7.68. The summed E-state index contributed by atoms with van der Waals surface area (Å²) in [5.41, 5.74) is 2.22. The summed E-state index contributed by atoms with van der Waals surface area (Å²) >= 11 is 0. The lowest BCUT2D eigenvalue weighted by Crippen LogP contribution is -2.30. The molecule has 0 spiro atoms. The van der Waals surface area contributed by atoms with Crippen LogP contribution in [0.1, 0.15) is 28.3 Å². The second-order valence-corrected chi connectivity index (χ2v) is 7.68. The maximum absolute atomic E-state index is 15.0. The molecule has 6 heteroatoms. The van der Waals surface area contributed by atoms with Gasteiger partial charge in [-0.15, -0.1) is 0 Å². The summed E-state index contributed by atoms with van der Waals surface area (Å²) in [5.74, 6) is -2.38. The van der Waals surface area contributed by atoms with E-state index in [1.165, 1.54) is 30.2 Å². The van der Waals surface area contributed by atoms with E-state index in [0.717, 1.165) is 11.1 Å². The highest BCUT2D eigenvalue weighted by atomic mass is 19.1. The molecule has 1 amide bonds. The molecule has 1 aliphatic rings. The Labute approximate surface area is 185 Å². The molecule has 0 radical (unpaired) electrons. The number of aryl methyl sites for hydroxylation is 2. The third-order valence-corrected chi connectivity index (χ3v) is 5.63. The lowest BCUT2D eigenvalue weighted by atomic mass is 9.94. The first-order valence-electron chi connectivity index (χ1n) is 10.1. The number of carbonyl (C=O) groups excluding carboxylic acids is 2. The molecule has 1 N–H and O–H groups in total. The van der Waals surface area contributed by atoms with Crippen LogP contribution in [-0.2, 0) is 9.59 Å². The number of aliphatic hydroxyl groups excluding tert-OH is 1. The maximum Gasteiger partial charge on any atom is 0.300 e. The number of rotatable bonds is 4. The molecule has 32 heavy (non-hydrogen) atoms. The van der Waals surface area contributed by atoms with E-state index in [2.05, 4.69) is 0 Å². The minimum atomic E-state index is -1.14. The van der Waals surface area contributed by atoms with Gasteiger partial charge in [-0.25, -0.2) is 4.39 Å². The third kappa shape index (κ3) is 3.43. The van der Waals surface area contributed by atoms with Crippen LogP contribution in [0.25, 0.3) is 5.76 Å². The Kier molecular flexibility index (Phi) is 5.53. The second kappa shape index (κ2) is 8.30. The van der Waals surface area contributed by atoms with Crippen LogP contribution < -0.4 is 9.64 Å². The van der Waals surface area contributed by atoms with Crippen LogP contribution in [0.5, 0.6) is 5.75 Å². The Morgan fingerprint density at radius 2 is 1.69 bits per heavy atom. The average molecular weight is 431 g/mol. The van der Waals surface area contributed by atoms with E-state index in [4.69, 9.17) is 4.74 Å². The highest BCUT2D eigenvalue weighted by Gasteiger charge is 2.48. The molecule has 0 aromatic heterocycles. The molecule has 1 saturated heterocycles.